The molecule has 1 rings (SSSR count). The summed E-state index contributed by atoms with van der Waals surface area (Å²) in [5, 5.41) is 7.27. The molecule has 1 aliphatic rings. The lowest BCUT2D eigenvalue weighted by atomic mass is 10.1. The maximum Gasteiger partial charge on any atom is 0.133 e. The molecule has 0 bridgehead atoms. The van der Waals surface area contributed by atoms with E-state index in [1.807, 2.05) is 19.9 Å². The molecule has 0 amide bonds. The number of nitrogens with zero attached hydrogens (tertiary/aromatic N) is 3. The van der Waals surface area contributed by atoms with Crippen LogP contribution in [0.5, 0.6) is 0 Å². The van der Waals surface area contributed by atoms with E-state index in [1.54, 1.807) is 6.20 Å². The number of hydrogen-bond donors (Lipinski definition) is 0. The van der Waals surface area contributed by atoms with Gasteiger partial charge in [0.1, 0.15) is 6.34 Å². The maximum atomic E-state index is 4.08. The third kappa shape index (κ3) is 1.76. The third-order valence-corrected chi connectivity index (χ3v) is 1.06. The van der Waals surface area contributed by atoms with Crippen LogP contribution in [-0.2, 0) is 0 Å². The molecule has 0 radical (unpaired) electrons. The highest BCUT2D eigenvalue weighted by Gasteiger charge is 2.09. The van der Waals surface area contributed by atoms with Gasteiger partial charge in [-0.3, -0.25) is 4.99 Å². The van der Waals surface area contributed by atoms with Crippen molar-refractivity contribution in [2.75, 3.05) is 0 Å². The Balaban J connectivity index is 2.82. The topological polar surface area (TPSA) is 37.1 Å². The maximum absolute atomic E-state index is 4.08. The van der Waals surface area contributed by atoms with Crippen LogP contribution in [0, 0.1) is 0 Å². The van der Waals surface area contributed by atoms with Crippen molar-refractivity contribution in [2.45, 2.75) is 19.4 Å². The molecule has 0 saturated heterocycles. The summed E-state index contributed by atoms with van der Waals surface area (Å²) in [5.41, 5.74) is -0.135. The lowest BCUT2D eigenvalue weighted by Gasteiger charge is -2.09. The van der Waals surface area contributed by atoms with Crippen molar-refractivity contribution < 1.29 is 0 Å². The Labute approximate surface area is 54.2 Å². The summed E-state index contributed by atoms with van der Waals surface area (Å²) in [6.07, 6.45) is 5.03. The second-order valence-electron chi connectivity index (χ2n) is 2.44. The predicted octanol–water partition coefficient (Wildman–Crippen LogP) is 1.77. The number of hydrogen-bond acceptors (Lipinski definition) is 3. The average Bonchev–Trinajstić information content (AvgIpc) is 1.92. The Morgan fingerprint density at radius 1 is 1.22 bits per heavy atom. The van der Waals surface area contributed by atoms with Crippen LogP contribution in [0.15, 0.2) is 27.5 Å². The Hall–Kier alpha value is -0.990. The summed E-state index contributed by atoms with van der Waals surface area (Å²) in [7, 11) is 0. The van der Waals surface area contributed by atoms with Gasteiger partial charge in [0, 0.05) is 6.20 Å². The fraction of sp³-hybridized carbons (Fsp3) is 0.500. The van der Waals surface area contributed by atoms with Crippen molar-refractivity contribution >= 4 is 6.34 Å². The van der Waals surface area contributed by atoms with Crippen LogP contribution in [0.3, 0.4) is 0 Å². The van der Waals surface area contributed by atoms with Gasteiger partial charge in [-0.05, 0) is 19.9 Å². The number of aliphatic imine (C=N–C) groups is 1. The van der Waals surface area contributed by atoms with Gasteiger partial charge in [-0.15, -0.1) is 5.11 Å². The number of azo groups is 1. The van der Waals surface area contributed by atoms with Gasteiger partial charge in [0.05, 0.1) is 5.54 Å². The molecule has 0 aromatic heterocycles. The van der Waals surface area contributed by atoms with E-state index in [0.717, 1.165) is 0 Å². The molecule has 0 aromatic carbocycles. The van der Waals surface area contributed by atoms with Gasteiger partial charge < -0.3 is 0 Å². The fourth-order valence-electron chi connectivity index (χ4n) is 0.502. The summed E-state index contributed by atoms with van der Waals surface area (Å²) in [6.45, 7) is 3.99. The van der Waals surface area contributed by atoms with E-state index in [9.17, 15) is 0 Å². The third-order valence-electron chi connectivity index (χ3n) is 1.06. The quantitative estimate of drug-likeness (QED) is 0.470. The zero-order valence-electron chi connectivity index (χ0n) is 5.57. The van der Waals surface area contributed by atoms with Gasteiger partial charge >= 0.3 is 0 Å². The number of rotatable bonds is 0. The van der Waals surface area contributed by atoms with E-state index >= 15 is 0 Å². The molecular weight excluding hydrogens is 114 g/mol. The highest BCUT2D eigenvalue weighted by atomic mass is 15.1. The minimum Gasteiger partial charge on any atom is -0.261 e. The van der Waals surface area contributed by atoms with Crippen molar-refractivity contribution in [2.24, 2.45) is 15.2 Å². The van der Waals surface area contributed by atoms with E-state index in [-0.39, 0.29) is 5.54 Å². The largest absolute Gasteiger partial charge is 0.261 e. The van der Waals surface area contributed by atoms with Gasteiger partial charge in [-0.1, -0.05) is 0 Å². The molecule has 0 atom stereocenters. The van der Waals surface area contributed by atoms with Crippen molar-refractivity contribution in [1.82, 2.24) is 0 Å². The van der Waals surface area contributed by atoms with Crippen molar-refractivity contribution in [1.29, 1.82) is 0 Å². The summed E-state index contributed by atoms with van der Waals surface area (Å²) in [6, 6.07) is 0. The monoisotopic (exact) mass is 123 g/mol. The summed E-state index contributed by atoms with van der Waals surface area (Å²) in [5.74, 6) is 0. The summed E-state index contributed by atoms with van der Waals surface area (Å²) in [4.78, 5) is 4.08. The second-order valence-corrected chi connectivity index (χ2v) is 2.44. The van der Waals surface area contributed by atoms with Gasteiger partial charge in [-0.2, -0.15) is 5.11 Å². The Bertz CT molecular complexity index is 159. The van der Waals surface area contributed by atoms with Crippen LogP contribution in [0.25, 0.3) is 0 Å². The van der Waals surface area contributed by atoms with E-state index in [1.165, 1.54) is 6.34 Å². The standard InChI is InChI=1S/C6H9N3/c1-6(2)3-4-8-9-5-7-6/h3-5H,1-2H3. The van der Waals surface area contributed by atoms with Crippen molar-refractivity contribution in [3.63, 3.8) is 0 Å². The molecule has 0 saturated carbocycles. The first-order valence-electron chi connectivity index (χ1n) is 2.82. The van der Waals surface area contributed by atoms with Crippen LogP contribution in [0.1, 0.15) is 13.8 Å². The average molecular weight is 123 g/mol. The van der Waals surface area contributed by atoms with Crippen molar-refractivity contribution in [3.05, 3.63) is 12.3 Å². The first kappa shape index (κ1) is 6.13. The first-order chi connectivity index (χ1) is 4.21. The van der Waals surface area contributed by atoms with E-state index in [4.69, 9.17) is 0 Å². The zero-order valence-corrected chi connectivity index (χ0v) is 5.57. The Morgan fingerprint density at radius 2 is 2.00 bits per heavy atom. The van der Waals surface area contributed by atoms with E-state index in [0.29, 0.717) is 0 Å². The minimum absolute atomic E-state index is 0.135. The molecule has 0 spiro atoms. The molecule has 0 aliphatic carbocycles. The van der Waals surface area contributed by atoms with Crippen LogP contribution in [0.2, 0.25) is 0 Å². The van der Waals surface area contributed by atoms with E-state index in [2.05, 4.69) is 15.2 Å². The second kappa shape index (κ2) is 2.09. The van der Waals surface area contributed by atoms with Gasteiger partial charge in [0.15, 0.2) is 0 Å². The smallest absolute Gasteiger partial charge is 0.133 e. The predicted molar refractivity (Wildman–Crippen MR) is 36.6 cm³/mol. The zero-order chi connectivity index (χ0) is 6.74. The minimum atomic E-state index is -0.135. The van der Waals surface area contributed by atoms with Crippen LogP contribution in [0.4, 0.5) is 0 Å². The highest BCUT2D eigenvalue weighted by Crippen LogP contribution is 2.11. The molecule has 0 fully saturated rings. The van der Waals surface area contributed by atoms with Gasteiger partial charge in [0.25, 0.3) is 0 Å². The molecule has 0 aromatic rings. The molecule has 3 heteroatoms. The fourth-order valence-corrected chi connectivity index (χ4v) is 0.502. The molecule has 3 nitrogen and oxygen atoms in total. The van der Waals surface area contributed by atoms with E-state index < -0.39 is 0 Å². The molecule has 1 aliphatic heterocycles. The van der Waals surface area contributed by atoms with Crippen LogP contribution >= 0.6 is 0 Å². The molecule has 48 valence electrons. The lowest BCUT2D eigenvalue weighted by Crippen LogP contribution is -2.10. The first-order valence-corrected chi connectivity index (χ1v) is 2.82. The van der Waals surface area contributed by atoms with Crippen LogP contribution in [-0.4, -0.2) is 11.9 Å². The summed E-state index contributed by atoms with van der Waals surface area (Å²) < 4.78 is 0. The molecule has 1 heterocycles. The molecule has 0 unspecified atom stereocenters. The summed E-state index contributed by atoms with van der Waals surface area (Å²) >= 11 is 0. The lowest BCUT2D eigenvalue weighted by molar-refractivity contribution is 0.661. The highest BCUT2D eigenvalue weighted by molar-refractivity contribution is 5.56. The van der Waals surface area contributed by atoms with Gasteiger partial charge in [0.2, 0.25) is 0 Å². The van der Waals surface area contributed by atoms with Crippen molar-refractivity contribution in [3.8, 4) is 0 Å². The molecule has 9 heavy (non-hydrogen) atoms. The SMILES string of the molecule is CC1(C)C=CN=NC=N1. The molecule has 0 N–H and O–H groups in total. The Morgan fingerprint density at radius 3 is 2.78 bits per heavy atom. The van der Waals surface area contributed by atoms with Gasteiger partial charge in [-0.25, -0.2) is 0 Å². The Kier molecular flexibility index (Phi) is 1.42. The van der Waals surface area contributed by atoms with Crippen LogP contribution < -0.4 is 0 Å². The molecular formula is C6H9N3. The normalized spacial score (nSPS) is 22.0.